The third-order valence-corrected chi connectivity index (χ3v) is 6.43. The molecule has 1 aliphatic rings. The van der Waals surface area contributed by atoms with E-state index in [2.05, 4.69) is 0 Å². The van der Waals surface area contributed by atoms with Gasteiger partial charge in [-0.05, 0) is 37.8 Å². The molecule has 0 saturated carbocycles. The van der Waals surface area contributed by atoms with Crippen molar-refractivity contribution < 1.29 is 23.1 Å². The van der Waals surface area contributed by atoms with Crippen molar-refractivity contribution in [2.24, 2.45) is 5.41 Å². The molecule has 23 heavy (non-hydrogen) atoms. The minimum absolute atomic E-state index is 0.233. The summed E-state index contributed by atoms with van der Waals surface area (Å²) in [5.74, 6) is -0.842. The minimum Gasteiger partial charge on any atom is -0.481 e. The van der Waals surface area contributed by atoms with Crippen molar-refractivity contribution in [2.45, 2.75) is 30.6 Å². The van der Waals surface area contributed by atoms with Crippen molar-refractivity contribution in [3.8, 4) is 0 Å². The highest BCUT2D eigenvalue weighted by Gasteiger charge is 2.43. The first kappa shape index (κ1) is 17.9. The Morgan fingerprint density at radius 1 is 1.26 bits per heavy atom. The summed E-state index contributed by atoms with van der Waals surface area (Å²) in [6, 6.07) is 8.26. The smallest absolute Gasteiger partial charge is 0.309 e. The zero-order valence-corrected chi connectivity index (χ0v) is 14.1. The van der Waals surface area contributed by atoms with Crippen molar-refractivity contribution in [1.29, 1.82) is 0 Å². The second-order valence-corrected chi connectivity index (χ2v) is 7.84. The highest BCUT2D eigenvalue weighted by Crippen LogP contribution is 2.38. The number of carboxylic acid groups (broad SMARTS) is 1. The fraction of sp³-hybridized carbons (Fsp3) is 0.562. The van der Waals surface area contributed by atoms with Crippen molar-refractivity contribution in [3.63, 3.8) is 0 Å². The molecule has 1 aromatic rings. The van der Waals surface area contributed by atoms with E-state index in [4.69, 9.17) is 4.74 Å². The van der Waals surface area contributed by atoms with Gasteiger partial charge < -0.3 is 9.84 Å². The van der Waals surface area contributed by atoms with E-state index in [-0.39, 0.29) is 18.0 Å². The SMILES string of the molecule is COCCCC1(C(=O)O)CCN(S(=O)(=O)c2ccccc2)CC1. The van der Waals surface area contributed by atoms with Crippen LogP contribution in [0.1, 0.15) is 25.7 Å². The Kier molecular flexibility index (Phi) is 5.78. The molecule has 2 rings (SSSR count). The average Bonchev–Trinajstić information content (AvgIpc) is 2.56. The molecule has 1 saturated heterocycles. The molecule has 7 heteroatoms. The average molecular weight is 341 g/mol. The van der Waals surface area contributed by atoms with E-state index in [1.54, 1.807) is 37.4 Å². The normalized spacial score (nSPS) is 18.7. The number of carboxylic acids is 1. The van der Waals surface area contributed by atoms with Crippen LogP contribution in [-0.2, 0) is 19.6 Å². The van der Waals surface area contributed by atoms with E-state index in [1.807, 2.05) is 0 Å². The molecular formula is C16H23NO5S. The largest absolute Gasteiger partial charge is 0.481 e. The lowest BCUT2D eigenvalue weighted by molar-refractivity contribution is -0.152. The Hall–Kier alpha value is -1.44. The number of methoxy groups -OCH3 is 1. The quantitative estimate of drug-likeness (QED) is 0.767. The van der Waals surface area contributed by atoms with E-state index < -0.39 is 21.4 Å². The number of aliphatic carboxylic acids is 1. The van der Waals surface area contributed by atoms with Crippen molar-refractivity contribution in [1.82, 2.24) is 4.31 Å². The van der Waals surface area contributed by atoms with Gasteiger partial charge in [0.1, 0.15) is 0 Å². The van der Waals surface area contributed by atoms with E-state index in [9.17, 15) is 18.3 Å². The highest BCUT2D eigenvalue weighted by molar-refractivity contribution is 7.89. The lowest BCUT2D eigenvalue weighted by atomic mass is 9.75. The first-order valence-corrected chi connectivity index (χ1v) is 9.14. The van der Waals surface area contributed by atoms with Gasteiger partial charge in [-0.3, -0.25) is 4.79 Å². The van der Waals surface area contributed by atoms with Crippen LogP contribution in [0.5, 0.6) is 0 Å². The summed E-state index contributed by atoms with van der Waals surface area (Å²) < 4.78 is 31.6. The second-order valence-electron chi connectivity index (χ2n) is 5.90. The lowest BCUT2D eigenvalue weighted by Gasteiger charge is -2.38. The summed E-state index contributed by atoms with van der Waals surface area (Å²) >= 11 is 0. The predicted molar refractivity (Wildman–Crippen MR) is 85.6 cm³/mol. The summed E-state index contributed by atoms with van der Waals surface area (Å²) in [5, 5.41) is 9.59. The molecule has 0 unspecified atom stereocenters. The van der Waals surface area contributed by atoms with Crippen LogP contribution in [0, 0.1) is 5.41 Å². The first-order valence-electron chi connectivity index (χ1n) is 7.70. The molecule has 1 heterocycles. The molecule has 0 aliphatic carbocycles. The van der Waals surface area contributed by atoms with Gasteiger partial charge in [0, 0.05) is 26.8 Å². The zero-order valence-electron chi connectivity index (χ0n) is 13.3. The predicted octanol–water partition coefficient (Wildman–Crippen LogP) is 1.97. The number of piperidine rings is 1. The molecule has 0 bridgehead atoms. The van der Waals surface area contributed by atoms with Gasteiger partial charge in [-0.15, -0.1) is 0 Å². The molecular weight excluding hydrogens is 318 g/mol. The number of ether oxygens (including phenoxy) is 1. The van der Waals surface area contributed by atoms with Crippen molar-refractivity contribution >= 4 is 16.0 Å². The van der Waals surface area contributed by atoms with Crippen LogP contribution >= 0.6 is 0 Å². The number of hydrogen-bond acceptors (Lipinski definition) is 4. The molecule has 0 amide bonds. The molecule has 6 nitrogen and oxygen atoms in total. The van der Waals surface area contributed by atoms with E-state index in [0.717, 1.165) is 0 Å². The van der Waals surface area contributed by atoms with Crippen LogP contribution in [-0.4, -0.2) is 50.6 Å². The second kappa shape index (κ2) is 7.42. The van der Waals surface area contributed by atoms with E-state index in [0.29, 0.717) is 32.3 Å². The minimum atomic E-state index is -3.55. The van der Waals surface area contributed by atoms with Crippen molar-refractivity contribution in [2.75, 3.05) is 26.8 Å². The number of sulfonamides is 1. The Morgan fingerprint density at radius 3 is 2.39 bits per heavy atom. The molecule has 0 atom stereocenters. The maximum atomic E-state index is 12.6. The van der Waals surface area contributed by atoms with Crippen LogP contribution in [0.4, 0.5) is 0 Å². The topological polar surface area (TPSA) is 83.9 Å². The van der Waals surface area contributed by atoms with Gasteiger partial charge >= 0.3 is 5.97 Å². The van der Waals surface area contributed by atoms with Gasteiger partial charge in [0.05, 0.1) is 10.3 Å². The van der Waals surface area contributed by atoms with Gasteiger partial charge in [0.2, 0.25) is 10.0 Å². The molecule has 1 aromatic carbocycles. The summed E-state index contributed by atoms with van der Waals surface area (Å²) in [6.45, 7) is 0.980. The molecule has 0 radical (unpaired) electrons. The molecule has 0 aromatic heterocycles. The van der Waals surface area contributed by atoms with Crippen LogP contribution in [0.25, 0.3) is 0 Å². The Morgan fingerprint density at radius 2 is 1.87 bits per heavy atom. The Balaban J connectivity index is 2.08. The molecule has 1 aliphatic heterocycles. The number of carbonyl (C=O) groups is 1. The van der Waals surface area contributed by atoms with Crippen LogP contribution in [0.3, 0.4) is 0 Å². The Labute approximate surface area is 137 Å². The van der Waals surface area contributed by atoms with Crippen LogP contribution < -0.4 is 0 Å². The third kappa shape index (κ3) is 3.91. The lowest BCUT2D eigenvalue weighted by Crippen LogP contribution is -2.46. The van der Waals surface area contributed by atoms with Crippen LogP contribution in [0.2, 0.25) is 0 Å². The summed E-state index contributed by atoms with van der Waals surface area (Å²) in [7, 11) is -1.96. The van der Waals surface area contributed by atoms with Gasteiger partial charge in [-0.1, -0.05) is 18.2 Å². The number of benzene rings is 1. The highest BCUT2D eigenvalue weighted by atomic mass is 32.2. The maximum absolute atomic E-state index is 12.6. The molecule has 1 fully saturated rings. The Bertz CT molecular complexity index is 621. The fourth-order valence-corrected chi connectivity index (χ4v) is 4.48. The number of hydrogen-bond donors (Lipinski definition) is 1. The zero-order chi connectivity index (χ0) is 16.9. The molecule has 128 valence electrons. The summed E-state index contributed by atoms with van der Waals surface area (Å²) in [6.07, 6.45) is 1.83. The summed E-state index contributed by atoms with van der Waals surface area (Å²) in [4.78, 5) is 11.9. The monoisotopic (exact) mass is 341 g/mol. The molecule has 1 N–H and O–H groups in total. The van der Waals surface area contributed by atoms with Crippen LogP contribution in [0.15, 0.2) is 35.2 Å². The van der Waals surface area contributed by atoms with Gasteiger partial charge in [-0.2, -0.15) is 4.31 Å². The van der Waals surface area contributed by atoms with Gasteiger partial charge in [0.25, 0.3) is 0 Å². The standard InChI is InChI=1S/C16H23NO5S/c1-22-13-5-8-16(15(18)19)9-11-17(12-10-16)23(20,21)14-6-3-2-4-7-14/h2-4,6-7H,5,8-13H2,1H3,(H,18,19). The fourth-order valence-electron chi connectivity index (χ4n) is 3.02. The van der Waals surface area contributed by atoms with E-state index >= 15 is 0 Å². The van der Waals surface area contributed by atoms with Crippen molar-refractivity contribution in [3.05, 3.63) is 30.3 Å². The molecule has 0 spiro atoms. The number of rotatable bonds is 7. The first-order chi connectivity index (χ1) is 10.9. The maximum Gasteiger partial charge on any atom is 0.309 e. The number of nitrogens with zero attached hydrogens (tertiary/aromatic N) is 1. The third-order valence-electron chi connectivity index (χ3n) is 4.52. The summed E-state index contributed by atoms with van der Waals surface area (Å²) in [5.41, 5.74) is -0.846. The van der Waals surface area contributed by atoms with Gasteiger partial charge in [0.15, 0.2) is 0 Å². The van der Waals surface area contributed by atoms with Gasteiger partial charge in [-0.25, -0.2) is 8.42 Å². The van der Waals surface area contributed by atoms with E-state index in [1.165, 1.54) is 4.31 Å².